The molecule has 0 amide bonds. The van der Waals surface area contributed by atoms with Crippen molar-refractivity contribution in [1.82, 2.24) is 10.1 Å². The number of nitrogens with zero attached hydrogens (tertiary/aromatic N) is 2. The molecule has 0 aliphatic heterocycles. The Balaban J connectivity index is 1.49. The maximum atomic E-state index is 10.2. The Hall–Kier alpha value is -3.06. The summed E-state index contributed by atoms with van der Waals surface area (Å²) in [6.07, 6.45) is -0.707. The van der Waals surface area contributed by atoms with Gasteiger partial charge in [-0.1, -0.05) is 35.5 Å². The smallest absolute Gasteiger partial charge is 0.321 e. The largest absolute Gasteiger partial charge is 0.497 e. The maximum absolute atomic E-state index is 10.2. The van der Waals surface area contributed by atoms with Gasteiger partial charge in [0.2, 0.25) is 5.82 Å². The lowest BCUT2D eigenvalue weighted by molar-refractivity contribution is 0.190. The second-order valence-electron chi connectivity index (χ2n) is 5.29. The molecule has 3 aromatic rings. The monoisotopic (exact) mass is 341 g/mol. The molecule has 1 heterocycles. The van der Waals surface area contributed by atoms with Crippen LogP contribution in [0.25, 0.3) is 0 Å². The number of aromatic nitrogens is 2. The highest BCUT2D eigenvalue weighted by molar-refractivity contribution is 5.30. The number of methoxy groups -OCH3 is 1. The fourth-order valence-corrected chi connectivity index (χ4v) is 2.18. The number of hydrogen-bond donors (Lipinski definition) is 2. The standard InChI is InChI=1S/C18H19N3O4/c1-23-14-9-7-13(8-10-14)16(22)11-19-18-20-17(21-25-18)12-24-15-5-3-2-4-6-15/h2-10,16,22H,11-12H2,1H3,(H,19,20,21). The molecule has 0 radical (unpaired) electrons. The van der Waals surface area contributed by atoms with E-state index in [1.807, 2.05) is 30.3 Å². The third-order valence-electron chi connectivity index (χ3n) is 3.53. The molecular weight excluding hydrogens is 322 g/mol. The Morgan fingerprint density at radius 3 is 2.56 bits per heavy atom. The number of benzene rings is 2. The topological polar surface area (TPSA) is 89.6 Å². The minimum atomic E-state index is -0.707. The third-order valence-corrected chi connectivity index (χ3v) is 3.53. The van der Waals surface area contributed by atoms with E-state index in [9.17, 15) is 5.11 Å². The average molecular weight is 341 g/mol. The maximum Gasteiger partial charge on any atom is 0.321 e. The van der Waals surface area contributed by atoms with Crippen molar-refractivity contribution in [2.75, 3.05) is 19.0 Å². The van der Waals surface area contributed by atoms with Gasteiger partial charge in [-0.3, -0.25) is 0 Å². The van der Waals surface area contributed by atoms with E-state index in [2.05, 4.69) is 15.5 Å². The van der Waals surface area contributed by atoms with E-state index in [0.717, 1.165) is 17.1 Å². The van der Waals surface area contributed by atoms with Crippen LogP contribution in [0.3, 0.4) is 0 Å². The normalized spacial score (nSPS) is 11.8. The van der Waals surface area contributed by atoms with Crippen LogP contribution in [0, 0.1) is 0 Å². The highest BCUT2D eigenvalue weighted by Crippen LogP contribution is 2.18. The molecule has 7 nitrogen and oxygen atoms in total. The summed E-state index contributed by atoms with van der Waals surface area (Å²) in [7, 11) is 1.60. The quantitative estimate of drug-likeness (QED) is 0.651. The first-order valence-corrected chi connectivity index (χ1v) is 7.81. The predicted octanol–water partition coefficient (Wildman–Crippen LogP) is 2.80. The minimum Gasteiger partial charge on any atom is -0.497 e. The van der Waals surface area contributed by atoms with Crippen LogP contribution in [0.1, 0.15) is 17.5 Å². The van der Waals surface area contributed by atoms with Crippen molar-refractivity contribution in [1.29, 1.82) is 0 Å². The van der Waals surface area contributed by atoms with E-state index in [1.165, 1.54) is 0 Å². The summed E-state index contributed by atoms with van der Waals surface area (Å²) in [5.41, 5.74) is 0.764. The van der Waals surface area contributed by atoms with E-state index >= 15 is 0 Å². The van der Waals surface area contributed by atoms with E-state index < -0.39 is 6.10 Å². The van der Waals surface area contributed by atoms with Crippen molar-refractivity contribution in [2.24, 2.45) is 0 Å². The molecule has 0 saturated carbocycles. The highest BCUT2D eigenvalue weighted by atomic mass is 16.5. The molecule has 0 saturated heterocycles. The highest BCUT2D eigenvalue weighted by Gasteiger charge is 2.11. The van der Waals surface area contributed by atoms with Crippen LogP contribution >= 0.6 is 0 Å². The van der Waals surface area contributed by atoms with Crippen molar-refractivity contribution >= 4 is 6.01 Å². The lowest BCUT2D eigenvalue weighted by Crippen LogP contribution is -2.12. The molecule has 0 fully saturated rings. The molecule has 0 aliphatic carbocycles. The molecule has 25 heavy (non-hydrogen) atoms. The molecule has 1 atom stereocenters. The van der Waals surface area contributed by atoms with Gasteiger partial charge in [-0.2, -0.15) is 4.98 Å². The lowest BCUT2D eigenvalue weighted by atomic mass is 10.1. The zero-order chi connectivity index (χ0) is 17.5. The van der Waals surface area contributed by atoms with E-state index in [4.69, 9.17) is 14.0 Å². The van der Waals surface area contributed by atoms with Crippen LogP contribution in [0.4, 0.5) is 6.01 Å². The average Bonchev–Trinajstić information content (AvgIpc) is 3.13. The Morgan fingerprint density at radius 2 is 1.84 bits per heavy atom. The Labute approximate surface area is 145 Å². The van der Waals surface area contributed by atoms with Crippen LogP contribution in [0.2, 0.25) is 0 Å². The fourth-order valence-electron chi connectivity index (χ4n) is 2.18. The van der Waals surface area contributed by atoms with Crippen LogP contribution < -0.4 is 14.8 Å². The van der Waals surface area contributed by atoms with Crippen LogP contribution in [-0.4, -0.2) is 28.9 Å². The van der Waals surface area contributed by atoms with Gasteiger partial charge in [0.25, 0.3) is 0 Å². The summed E-state index contributed by atoms with van der Waals surface area (Å²) < 4.78 is 15.7. The number of para-hydroxylation sites is 1. The number of rotatable bonds is 8. The first kappa shape index (κ1) is 16.8. The van der Waals surface area contributed by atoms with Gasteiger partial charge in [0.15, 0.2) is 6.61 Å². The summed E-state index contributed by atoms with van der Waals surface area (Å²) in [5.74, 6) is 1.89. The van der Waals surface area contributed by atoms with E-state index in [1.54, 1.807) is 31.4 Å². The zero-order valence-electron chi connectivity index (χ0n) is 13.8. The number of anilines is 1. The summed E-state index contributed by atoms with van der Waals surface area (Å²) in [4.78, 5) is 4.17. The van der Waals surface area contributed by atoms with E-state index in [-0.39, 0.29) is 19.2 Å². The number of aliphatic hydroxyl groups excluding tert-OH is 1. The second-order valence-corrected chi connectivity index (χ2v) is 5.29. The predicted molar refractivity (Wildman–Crippen MR) is 91.5 cm³/mol. The van der Waals surface area contributed by atoms with Gasteiger partial charge in [0.05, 0.1) is 13.2 Å². The third kappa shape index (κ3) is 4.71. The van der Waals surface area contributed by atoms with Crippen molar-refractivity contribution < 1.29 is 19.1 Å². The molecule has 0 aliphatic rings. The van der Waals surface area contributed by atoms with Crippen LogP contribution in [-0.2, 0) is 6.61 Å². The summed E-state index contributed by atoms with van der Waals surface area (Å²) in [5, 5.41) is 16.9. The molecule has 0 bridgehead atoms. The van der Waals surface area contributed by atoms with Crippen molar-refractivity contribution in [3.05, 3.63) is 66.0 Å². The Bertz CT molecular complexity index is 775. The second kappa shape index (κ2) is 8.16. The molecule has 3 rings (SSSR count). The Kier molecular flexibility index (Phi) is 5.48. The van der Waals surface area contributed by atoms with Crippen molar-refractivity contribution in [2.45, 2.75) is 12.7 Å². The van der Waals surface area contributed by atoms with Gasteiger partial charge in [-0.05, 0) is 29.8 Å². The van der Waals surface area contributed by atoms with Gasteiger partial charge in [0.1, 0.15) is 11.5 Å². The molecule has 2 aromatic carbocycles. The minimum absolute atomic E-state index is 0.205. The summed E-state index contributed by atoms with van der Waals surface area (Å²) in [6, 6.07) is 16.8. The molecule has 1 unspecified atom stereocenters. The van der Waals surface area contributed by atoms with Gasteiger partial charge in [-0.25, -0.2) is 0 Å². The number of ether oxygens (including phenoxy) is 2. The van der Waals surface area contributed by atoms with Gasteiger partial charge < -0.3 is 24.4 Å². The SMILES string of the molecule is COc1ccc(C(O)CNc2nc(COc3ccccc3)no2)cc1. The summed E-state index contributed by atoms with van der Waals surface area (Å²) >= 11 is 0. The first-order valence-electron chi connectivity index (χ1n) is 7.81. The fraction of sp³-hybridized carbons (Fsp3) is 0.222. The molecule has 2 N–H and O–H groups in total. The van der Waals surface area contributed by atoms with Gasteiger partial charge in [0, 0.05) is 6.54 Å². The number of aliphatic hydroxyl groups is 1. The molecule has 1 aromatic heterocycles. The zero-order valence-corrected chi connectivity index (χ0v) is 13.8. The van der Waals surface area contributed by atoms with Gasteiger partial charge in [-0.15, -0.1) is 0 Å². The van der Waals surface area contributed by atoms with E-state index in [0.29, 0.717) is 5.82 Å². The van der Waals surface area contributed by atoms with Gasteiger partial charge >= 0.3 is 6.01 Å². The van der Waals surface area contributed by atoms with Crippen molar-refractivity contribution in [3.8, 4) is 11.5 Å². The molecule has 130 valence electrons. The number of hydrogen-bond acceptors (Lipinski definition) is 7. The van der Waals surface area contributed by atoms with Crippen LogP contribution in [0.5, 0.6) is 11.5 Å². The molecule has 0 spiro atoms. The lowest BCUT2D eigenvalue weighted by Gasteiger charge is -2.11. The summed E-state index contributed by atoms with van der Waals surface area (Å²) in [6.45, 7) is 0.448. The first-order chi connectivity index (χ1) is 12.2. The van der Waals surface area contributed by atoms with Crippen molar-refractivity contribution in [3.63, 3.8) is 0 Å². The Morgan fingerprint density at radius 1 is 1.08 bits per heavy atom. The molecular formula is C18H19N3O4. The number of nitrogens with one attached hydrogen (secondary N) is 1. The molecule has 7 heteroatoms. The van der Waals surface area contributed by atoms with Crippen LogP contribution in [0.15, 0.2) is 59.1 Å².